The van der Waals surface area contributed by atoms with Crippen LogP contribution in [0.1, 0.15) is 18.4 Å². The maximum Gasteiger partial charge on any atom is 0.404 e. The number of nitrogens with one attached hydrogen (secondary N) is 2. The van der Waals surface area contributed by atoms with Crippen LogP contribution in [0.2, 0.25) is 0 Å². The summed E-state index contributed by atoms with van der Waals surface area (Å²) in [6.45, 7) is -1.04. The fourth-order valence-corrected chi connectivity index (χ4v) is 5.07. The quantitative estimate of drug-likeness (QED) is 0.292. The summed E-state index contributed by atoms with van der Waals surface area (Å²) in [4.78, 5) is 28.9. The van der Waals surface area contributed by atoms with Gasteiger partial charge in [-0.15, -0.1) is 5.10 Å². The minimum atomic E-state index is -2.85. The number of carboxylic acid groups (broad SMARTS) is 1. The number of carbonyl (C=O) groups is 2. The van der Waals surface area contributed by atoms with E-state index in [1.807, 2.05) is 18.2 Å². The van der Waals surface area contributed by atoms with Gasteiger partial charge in [-0.1, -0.05) is 5.21 Å². The van der Waals surface area contributed by atoms with E-state index >= 15 is 0 Å². The third-order valence-corrected chi connectivity index (χ3v) is 7.24. The number of fused-ring (bicyclic) bond motifs is 1. The van der Waals surface area contributed by atoms with Gasteiger partial charge in [0.15, 0.2) is 0 Å². The van der Waals surface area contributed by atoms with Crippen LogP contribution in [0, 0.1) is 17.2 Å². The van der Waals surface area contributed by atoms with Crippen LogP contribution in [0.4, 0.5) is 19.3 Å². The Bertz CT molecular complexity index is 1680. The molecule has 2 fully saturated rings. The summed E-state index contributed by atoms with van der Waals surface area (Å²) >= 11 is 0. The number of halogens is 2. The monoisotopic (exact) mass is 562 g/mol. The number of nitriles is 1. The zero-order chi connectivity index (χ0) is 28.7. The van der Waals surface area contributed by atoms with E-state index in [0.29, 0.717) is 40.4 Å². The van der Waals surface area contributed by atoms with Crippen molar-refractivity contribution in [2.45, 2.75) is 31.4 Å². The maximum absolute atomic E-state index is 13.2. The lowest BCUT2D eigenvalue weighted by atomic mass is 9.80. The van der Waals surface area contributed by atoms with Crippen molar-refractivity contribution < 1.29 is 23.5 Å². The van der Waals surface area contributed by atoms with E-state index in [1.54, 1.807) is 23.0 Å². The Kier molecular flexibility index (Phi) is 6.45. The Labute approximate surface area is 231 Å². The lowest BCUT2D eigenvalue weighted by molar-refractivity contribution is -0.166. The molecule has 2 amide bonds. The lowest BCUT2D eigenvalue weighted by Crippen LogP contribution is -2.59. The van der Waals surface area contributed by atoms with Gasteiger partial charge < -0.3 is 20.6 Å². The number of hydrogen-bond acceptors (Lipinski definition) is 8. The van der Waals surface area contributed by atoms with Crippen LogP contribution in [-0.2, 0) is 11.3 Å². The number of pyridine rings is 1. The van der Waals surface area contributed by atoms with Crippen LogP contribution in [0.25, 0.3) is 28.2 Å². The molecule has 13 nitrogen and oxygen atoms in total. The van der Waals surface area contributed by atoms with Crippen LogP contribution >= 0.6 is 0 Å². The van der Waals surface area contributed by atoms with Crippen LogP contribution in [-0.4, -0.2) is 83.2 Å². The largest absolute Gasteiger partial charge is 0.465 e. The van der Waals surface area contributed by atoms with Gasteiger partial charge in [0.2, 0.25) is 5.91 Å². The summed E-state index contributed by atoms with van der Waals surface area (Å²) in [5.74, 6) is -3.11. The summed E-state index contributed by atoms with van der Waals surface area (Å²) in [7, 11) is 0. The number of amides is 2. The van der Waals surface area contributed by atoms with Gasteiger partial charge in [-0.05, 0) is 43.0 Å². The van der Waals surface area contributed by atoms with E-state index in [9.17, 15) is 23.6 Å². The van der Waals surface area contributed by atoms with Gasteiger partial charge in [-0.25, -0.2) is 22.8 Å². The third-order valence-electron chi connectivity index (χ3n) is 7.24. The number of hydrogen-bond donors (Lipinski definition) is 3. The highest BCUT2D eigenvalue weighted by Gasteiger charge is 2.46. The molecule has 4 aromatic rings. The van der Waals surface area contributed by atoms with Gasteiger partial charge in [0.1, 0.15) is 18.3 Å². The van der Waals surface area contributed by atoms with E-state index in [2.05, 4.69) is 37.1 Å². The highest BCUT2D eigenvalue weighted by atomic mass is 19.3. The van der Waals surface area contributed by atoms with Gasteiger partial charge in [0.05, 0.1) is 48.0 Å². The molecule has 1 saturated heterocycles. The Hall–Kier alpha value is -5.13. The second kappa shape index (κ2) is 10.1. The number of likely N-dealkylation sites (tertiary alicyclic amines) is 1. The zero-order valence-electron chi connectivity index (χ0n) is 21.5. The minimum Gasteiger partial charge on any atom is -0.465 e. The first kappa shape index (κ1) is 26.1. The molecule has 41 heavy (non-hydrogen) atoms. The Morgan fingerprint density at radius 3 is 2.71 bits per heavy atom. The molecule has 0 bridgehead atoms. The van der Waals surface area contributed by atoms with E-state index in [4.69, 9.17) is 5.11 Å². The van der Waals surface area contributed by atoms with Crippen LogP contribution < -0.4 is 10.6 Å². The molecule has 0 radical (unpaired) electrons. The summed E-state index contributed by atoms with van der Waals surface area (Å²) < 4.78 is 29.3. The Balaban J connectivity index is 1.26. The predicted octanol–water partition coefficient (Wildman–Crippen LogP) is 2.46. The number of anilines is 1. The summed E-state index contributed by atoms with van der Waals surface area (Å²) in [6.07, 6.45) is 5.13. The van der Waals surface area contributed by atoms with Gasteiger partial charge in [-0.2, -0.15) is 10.4 Å². The van der Waals surface area contributed by atoms with E-state index in [0.717, 1.165) is 23.3 Å². The molecule has 5 heterocycles. The standard InChI is InChI=1S/C26H24F2N10O3/c27-26(28)13-36(14-26)24(39)12-37-11-22(34-35-37)19-10-30-21(23-2-1-18-5-16(7-29)9-32-38(18)23)6-20(19)33-17-3-15(4-17)8-31-25(40)41/h1-2,5-6,9-11,15,17,31H,3-4,8,12-14H2,(H,30,33)(H,40,41). The molecule has 0 atom stereocenters. The van der Waals surface area contributed by atoms with Crippen molar-refractivity contribution in [3.05, 3.63) is 48.4 Å². The first-order valence-electron chi connectivity index (χ1n) is 12.9. The lowest BCUT2D eigenvalue weighted by Gasteiger charge is -2.38. The molecule has 210 valence electrons. The van der Waals surface area contributed by atoms with Crippen molar-refractivity contribution in [1.29, 1.82) is 5.26 Å². The van der Waals surface area contributed by atoms with E-state index < -0.39 is 31.0 Å². The van der Waals surface area contributed by atoms with Gasteiger partial charge in [0, 0.05) is 30.0 Å². The average Bonchev–Trinajstić information content (AvgIpc) is 3.54. The molecule has 2 aliphatic rings. The molecule has 1 aliphatic carbocycles. The van der Waals surface area contributed by atoms with Crippen LogP contribution in [0.3, 0.4) is 0 Å². The molecule has 6 rings (SSSR count). The smallest absolute Gasteiger partial charge is 0.404 e. The molecule has 0 aromatic carbocycles. The molecule has 4 aromatic heterocycles. The van der Waals surface area contributed by atoms with E-state index in [1.165, 1.54) is 10.9 Å². The Morgan fingerprint density at radius 1 is 1.17 bits per heavy atom. The second-order valence-corrected chi connectivity index (χ2v) is 10.3. The highest BCUT2D eigenvalue weighted by Crippen LogP contribution is 2.35. The van der Waals surface area contributed by atoms with Crippen molar-refractivity contribution in [3.63, 3.8) is 0 Å². The first-order chi connectivity index (χ1) is 19.7. The summed E-state index contributed by atoms with van der Waals surface area (Å²) in [6, 6.07) is 9.43. The number of nitrogens with zero attached hydrogens (tertiary/aromatic N) is 8. The topological polar surface area (TPSA) is 166 Å². The number of carbonyl (C=O) groups excluding carboxylic acids is 1. The fourth-order valence-electron chi connectivity index (χ4n) is 5.07. The normalized spacial score (nSPS) is 19.2. The highest BCUT2D eigenvalue weighted by molar-refractivity contribution is 5.80. The molecule has 0 unspecified atom stereocenters. The maximum atomic E-state index is 13.2. The molecule has 3 N–H and O–H groups in total. The fraction of sp³-hybridized carbons (Fsp3) is 0.346. The van der Waals surface area contributed by atoms with Gasteiger partial charge >= 0.3 is 6.09 Å². The third kappa shape index (κ3) is 5.36. The molecule has 1 aliphatic heterocycles. The number of rotatable bonds is 8. The number of alkyl halides is 2. The SMILES string of the molecule is N#Cc1cnn2c(-c3cc(NC4CC(CNC(=O)O)C4)c(-c4cn(CC(=O)N5CC(F)(F)C5)nn4)cn3)ccc2c1. The van der Waals surface area contributed by atoms with Crippen molar-refractivity contribution >= 4 is 23.2 Å². The number of aromatic nitrogens is 6. The molecular formula is C26H24F2N10O3. The van der Waals surface area contributed by atoms with Crippen molar-refractivity contribution in [2.24, 2.45) is 5.92 Å². The van der Waals surface area contributed by atoms with Crippen molar-refractivity contribution in [2.75, 3.05) is 25.0 Å². The second-order valence-electron chi connectivity index (χ2n) is 10.3. The van der Waals surface area contributed by atoms with Crippen molar-refractivity contribution in [3.8, 4) is 28.7 Å². The molecule has 0 spiro atoms. The average molecular weight is 563 g/mol. The van der Waals surface area contributed by atoms with Crippen molar-refractivity contribution in [1.82, 2.24) is 39.8 Å². The minimum absolute atomic E-state index is 0.0784. The van der Waals surface area contributed by atoms with Crippen LogP contribution in [0.5, 0.6) is 0 Å². The molecule has 1 saturated carbocycles. The van der Waals surface area contributed by atoms with Gasteiger partial charge in [0.25, 0.3) is 5.92 Å². The molecule has 15 heteroatoms. The predicted molar refractivity (Wildman–Crippen MR) is 140 cm³/mol. The Morgan fingerprint density at radius 2 is 1.98 bits per heavy atom. The zero-order valence-corrected chi connectivity index (χ0v) is 21.5. The van der Waals surface area contributed by atoms with Crippen LogP contribution in [0.15, 0.2) is 42.9 Å². The van der Waals surface area contributed by atoms with E-state index in [-0.39, 0.29) is 18.5 Å². The summed E-state index contributed by atoms with van der Waals surface area (Å²) in [5, 5.41) is 36.6. The summed E-state index contributed by atoms with van der Waals surface area (Å²) in [5.41, 5.74) is 4.25. The molecular weight excluding hydrogens is 538 g/mol. The van der Waals surface area contributed by atoms with Gasteiger partial charge in [-0.3, -0.25) is 9.78 Å². The first-order valence-corrected chi connectivity index (χ1v) is 12.9.